The van der Waals surface area contributed by atoms with E-state index in [1.54, 1.807) is 13.0 Å². The van der Waals surface area contributed by atoms with Gasteiger partial charge < -0.3 is 9.88 Å². The number of rotatable bonds is 6. The molecule has 3 aromatic rings. The fourth-order valence-corrected chi connectivity index (χ4v) is 4.82. The van der Waals surface area contributed by atoms with Crippen molar-refractivity contribution in [1.82, 2.24) is 19.5 Å². The Labute approximate surface area is 185 Å². The molecule has 1 amide bonds. The van der Waals surface area contributed by atoms with E-state index in [9.17, 15) is 17.6 Å². The normalized spacial score (nSPS) is 13.9. The minimum absolute atomic E-state index is 0.0154. The summed E-state index contributed by atoms with van der Waals surface area (Å²) in [6, 6.07) is 10.00. The molecule has 0 aliphatic carbocycles. The summed E-state index contributed by atoms with van der Waals surface area (Å²) in [4.78, 5) is 12.7. The number of aryl methyl sites for hydroxylation is 1. The van der Waals surface area contributed by atoms with E-state index in [1.165, 1.54) is 36.4 Å². The number of halogens is 1. The van der Waals surface area contributed by atoms with Crippen LogP contribution in [0, 0.1) is 5.82 Å². The van der Waals surface area contributed by atoms with E-state index < -0.39 is 21.7 Å². The molecular weight excluding hydrogens is 433 g/mol. The lowest BCUT2D eigenvalue weighted by Crippen LogP contribution is -2.23. The number of amides is 1. The van der Waals surface area contributed by atoms with E-state index in [0.29, 0.717) is 11.4 Å². The number of nitrogens with one attached hydrogen (secondary N) is 2. The molecule has 1 aromatic heterocycles. The predicted molar refractivity (Wildman–Crippen MR) is 118 cm³/mol. The Morgan fingerprint density at radius 1 is 1.12 bits per heavy atom. The van der Waals surface area contributed by atoms with Crippen LogP contribution in [0.4, 0.5) is 10.1 Å². The van der Waals surface area contributed by atoms with E-state index in [2.05, 4.69) is 20.2 Å². The van der Waals surface area contributed by atoms with E-state index in [4.69, 9.17) is 0 Å². The summed E-state index contributed by atoms with van der Waals surface area (Å²) < 4.78 is 43.4. The summed E-state index contributed by atoms with van der Waals surface area (Å²) in [6.45, 7) is 2.69. The third kappa shape index (κ3) is 4.56. The van der Waals surface area contributed by atoms with Crippen molar-refractivity contribution in [3.05, 3.63) is 59.7 Å². The van der Waals surface area contributed by atoms with Crippen LogP contribution in [0.2, 0.25) is 0 Å². The van der Waals surface area contributed by atoms with Gasteiger partial charge in [-0.05, 0) is 49.2 Å². The number of aromatic nitrogens is 3. The minimum atomic E-state index is -3.72. The van der Waals surface area contributed by atoms with Crippen LogP contribution in [0.1, 0.15) is 42.4 Å². The lowest BCUT2D eigenvalue weighted by molar-refractivity contribution is 0.102. The van der Waals surface area contributed by atoms with Crippen molar-refractivity contribution in [2.75, 3.05) is 11.9 Å². The molecule has 32 heavy (non-hydrogen) atoms. The summed E-state index contributed by atoms with van der Waals surface area (Å²) in [7, 11) is -3.72. The molecule has 0 spiro atoms. The number of carbonyl (C=O) groups is 1. The number of anilines is 1. The molecule has 0 radical (unpaired) electrons. The largest absolute Gasteiger partial charge is 0.319 e. The maximum Gasteiger partial charge on any atom is 0.255 e. The van der Waals surface area contributed by atoms with Crippen LogP contribution in [0.3, 0.4) is 0 Å². The Kier molecular flexibility index (Phi) is 6.33. The second-order valence-corrected chi connectivity index (χ2v) is 9.35. The molecular formula is C22H24FN5O3S. The number of benzene rings is 2. The zero-order chi connectivity index (χ0) is 22.7. The zero-order valence-electron chi connectivity index (χ0n) is 17.6. The zero-order valence-corrected chi connectivity index (χ0v) is 18.5. The first kappa shape index (κ1) is 22.1. The highest BCUT2D eigenvalue weighted by Crippen LogP contribution is 2.27. The number of hydrogen-bond donors (Lipinski definition) is 2. The molecule has 0 bridgehead atoms. The summed E-state index contributed by atoms with van der Waals surface area (Å²) in [6.07, 6.45) is 4.06. The van der Waals surface area contributed by atoms with Crippen LogP contribution in [0.5, 0.6) is 0 Å². The maximum atomic E-state index is 14.5. The first-order valence-corrected chi connectivity index (χ1v) is 12.0. The molecule has 8 nitrogen and oxygen atoms in total. The van der Waals surface area contributed by atoms with Crippen molar-refractivity contribution in [2.45, 2.75) is 44.0 Å². The first-order chi connectivity index (χ1) is 15.4. The van der Waals surface area contributed by atoms with E-state index in [-0.39, 0.29) is 22.7 Å². The van der Waals surface area contributed by atoms with Gasteiger partial charge in [-0.25, -0.2) is 17.5 Å². The van der Waals surface area contributed by atoms with Gasteiger partial charge in [0.15, 0.2) is 5.82 Å². The van der Waals surface area contributed by atoms with E-state index in [0.717, 1.165) is 38.1 Å². The Morgan fingerprint density at radius 2 is 1.97 bits per heavy atom. The molecule has 4 rings (SSSR count). The van der Waals surface area contributed by atoms with Gasteiger partial charge in [-0.15, -0.1) is 10.2 Å². The number of sulfonamides is 1. The van der Waals surface area contributed by atoms with Gasteiger partial charge in [0.05, 0.1) is 10.6 Å². The Balaban J connectivity index is 1.61. The molecule has 0 saturated heterocycles. The van der Waals surface area contributed by atoms with Crippen molar-refractivity contribution in [1.29, 1.82) is 0 Å². The van der Waals surface area contributed by atoms with Gasteiger partial charge in [0.1, 0.15) is 11.6 Å². The van der Waals surface area contributed by atoms with Gasteiger partial charge in [0, 0.05) is 30.6 Å². The third-order valence-corrected chi connectivity index (χ3v) is 6.87. The monoisotopic (exact) mass is 457 g/mol. The van der Waals surface area contributed by atoms with Crippen molar-refractivity contribution in [2.24, 2.45) is 0 Å². The van der Waals surface area contributed by atoms with Crippen LogP contribution in [-0.4, -0.2) is 35.6 Å². The lowest BCUT2D eigenvalue weighted by Gasteiger charge is -2.11. The number of hydrogen-bond acceptors (Lipinski definition) is 5. The van der Waals surface area contributed by atoms with E-state index >= 15 is 0 Å². The molecule has 2 N–H and O–H groups in total. The van der Waals surface area contributed by atoms with Gasteiger partial charge >= 0.3 is 0 Å². The SMILES string of the molecule is CCNS(=O)(=O)c1cccc(C(=O)Nc2cc(-c3nnc4n3CCCCC4)ccc2F)c1. The highest BCUT2D eigenvalue weighted by Gasteiger charge is 2.19. The smallest absolute Gasteiger partial charge is 0.255 e. The van der Waals surface area contributed by atoms with Gasteiger partial charge in [-0.3, -0.25) is 4.79 Å². The lowest BCUT2D eigenvalue weighted by atomic mass is 10.1. The van der Waals surface area contributed by atoms with Gasteiger partial charge in [-0.1, -0.05) is 19.4 Å². The molecule has 2 aromatic carbocycles. The van der Waals surface area contributed by atoms with E-state index in [1.807, 2.05) is 4.57 Å². The molecule has 0 fully saturated rings. The second kappa shape index (κ2) is 9.17. The molecule has 168 valence electrons. The van der Waals surface area contributed by atoms with Crippen LogP contribution in [0.15, 0.2) is 47.4 Å². The Hall–Kier alpha value is -3.11. The van der Waals surface area contributed by atoms with Crippen LogP contribution >= 0.6 is 0 Å². The average Bonchev–Trinajstić information content (AvgIpc) is 3.03. The highest BCUT2D eigenvalue weighted by atomic mass is 32.2. The minimum Gasteiger partial charge on any atom is -0.319 e. The molecule has 1 aliphatic heterocycles. The third-order valence-electron chi connectivity index (χ3n) is 5.32. The molecule has 2 heterocycles. The number of carbonyl (C=O) groups excluding carboxylic acids is 1. The van der Waals surface area contributed by atoms with Crippen molar-refractivity contribution in [3.8, 4) is 11.4 Å². The maximum absolute atomic E-state index is 14.5. The second-order valence-electron chi connectivity index (χ2n) is 7.58. The van der Waals surface area contributed by atoms with Gasteiger partial charge in [0.25, 0.3) is 5.91 Å². The summed E-state index contributed by atoms with van der Waals surface area (Å²) in [5.74, 6) is 0.325. The molecule has 1 aliphatic rings. The summed E-state index contributed by atoms with van der Waals surface area (Å²) in [5, 5.41) is 11.1. The highest BCUT2D eigenvalue weighted by molar-refractivity contribution is 7.89. The average molecular weight is 458 g/mol. The fraction of sp³-hybridized carbons (Fsp3) is 0.318. The van der Waals surface area contributed by atoms with Crippen molar-refractivity contribution in [3.63, 3.8) is 0 Å². The summed E-state index contributed by atoms with van der Waals surface area (Å²) >= 11 is 0. The van der Waals surface area contributed by atoms with Crippen molar-refractivity contribution >= 4 is 21.6 Å². The molecule has 10 heteroatoms. The standard InChI is InChI=1S/C22H24FN5O3S/c1-2-24-32(30,31)17-8-6-7-16(13-17)22(29)25-19-14-15(10-11-18(19)23)21-27-26-20-9-4-3-5-12-28(20)21/h6-8,10-11,13-14,24H,2-5,9,12H2,1H3,(H,25,29). The molecule has 0 saturated carbocycles. The van der Waals surface area contributed by atoms with Gasteiger partial charge in [-0.2, -0.15) is 0 Å². The Morgan fingerprint density at radius 3 is 2.78 bits per heavy atom. The number of fused-ring (bicyclic) bond motifs is 1. The summed E-state index contributed by atoms with van der Waals surface area (Å²) in [5.41, 5.74) is 0.731. The Bertz CT molecular complexity index is 1260. The van der Waals surface area contributed by atoms with Crippen LogP contribution < -0.4 is 10.0 Å². The van der Waals surface area contributed by atoms with Crippen LogP contribution in [-0.2, 0) is 23.0 Å². The van der Waals surface area contributed by atoms with Gasteiger partial charge in [0.2, 0.25) is 10.0 Å². The number of nitrogens with zero attached hydrogens (tertiary/aromatic N) is 3. The van der Waals surface area contributed by atoms with Crippen LogP contribution in [0.25, 0.3) is 11.4 Å². The quantitative estimate of drug-likeness (QED) is 0.590. The topological polar surface area (TPSA) is 106 Å². The molecule has 0 atom stereocenters. The van der Waals surface area contributed by atoms with Crippen molar-refractivity contribution < 1.29 is 17.6 Å². The molecule has 0 unspecified atom stereocenters. The first-order valence-electron chi connectivity index (χ1n) is 10.5. The fourth-order valence-electron chi connectivity index (χ4n) is 3.73. The predicted octanol–water partition coefficient (Wildman–Crippen LogP) is 3.36.